The number of hydrogen-bond acceptors (Lipinski definition) is 5. The fraction of sp³-hybridized carbons (Fsp3) is 0.400. The number of allylic oxidation sites excluding steroid dienone is 2. The zero-order valence-corrected chi connectivity index (χ0v) is 19.5. The van der Waals surface area contributed by atoms with Crippen LogP contribution in [0.3, 0.4) is 0 Å². The SMILES string of the molecule is C/C=C\C(=C/CC)COC(=O)/C(=C/c1ccc(C#N)cc1OC)C(C)=O.CC.CC. The summed E-state index contributed by atoms with van der Waals surface area (Å²) in [5.74, 6) is -0.708. The van der Waals surface area contributed by atoms with Crippen molar-refractivity contribution in [1.29, 1.82) is 5.26 Å². The monoisotopic (exact) mass is 413 g/mol. The van der Waals surface area contributed by atoms with E-state index >= 15 is 0 Å². The predicted octanol–water partition coefficient (Wildman–Crippen LogP) is 6.05. The first-order chi connectivity index (χ1) is 14.5. The molecule has 0 aliphatic carbocycles. The lowest BCUT2D eigenvalue weighted by Gasteiger charge is -2.09. The van der Waals surface area contributed by atoms with Gasteiger partial charge in [0.1, 0.15) is 17.9 Å². The lowest BCUT2D eigenvalue weighted by Crippen LogP contribution is -2.15. The third kappa shape index (κ3) is 10.4. The van der Waals surface area contributed by atoms with Crippen LogP contribution in [0.2, 0.25) is 0 Å². The Hall–Kier alpha value is -3.13. The zero-order chi connectivity index (χ0) is 23.5. The maximum Gasteiger partial charge on any atom is 0.342 e. The molecule has 0 aromatic heterocycles. The van der Waals surface area contributed by atoms with Gasteiger partial charge in [0.25, 0.3) is 0 Å². The number of carbonyl (C=O) groups excluding carboxylic acids is 2. The number of hydrogen-bond donors (Lipinski definition) is 0. The number of nitriles is 1. The van der Waals surface area contributed by atoms with Gasteiger partial charge in [-0.05, 0) is 50.1 Å². The molecule has 0 spiro atoms. The van der Waals surface area contributed by atoms with Crippen LogP contribution < -0.4 is 4.74 Å². The molecule has 164 valence electrons. The van der Waals surface area contributed by atoms with Gasteiger partial charge in [-0.3, -0.25) is 4.79 Å². The third-order valence-corrected chi connectivity index (χ3v) is 3.48. The molecule has 0 aliphatic heterocycles. The van der Waals surface area contributed by atoms with Gasteiger partial charge in [-0.1, -0.05) is 52.8 Å². The predicted molar refractivity (Wildman–Crippen MR) is 123 cm³/mol. The Kier molecular flexibility index (Phi) is 17.4. The highest BCUT2D eigenvalue weighted by atomic mass is 16.5. The molecule has 0 unspecified atom stereocenters. The fourth-order valence-corrected chi connectivity index (χ4v) is 2.24. The normalized spacial score (nSPS) is 10.8. The number of ether oxygens (including phenoxy) is 2. The van der Waals surface area contributed by atoms with Crippen LogP contribution in [0.5, 0.6) is 5.75 Å². The van der Waals surface area contributed by atoms with E-state index in [-0.39, 0.29) is 12.2 Å². The van der Waals surface area contributed by atoms with E-state index in [9.17, 15) is 9.59 Å². The molecule has 1 aromatic carbocycles. The van der Waals surface area contributed by atoms with E-state index in [4.69, 9.17) is 14.7 Å². The summed E-state index contributed by atoms with van der Waals surface area (Å²) in [6.45, 7) is 13.3. The molecule has 1 rings (SSSR count). The van der Waals surface area contributed by atoms with Crippen LogP contribution in [0.15, 0.2) is 47.6 Å². The number of rotatable bonds is 8. The van der Waals surface area contributed by atoms with Crippen molar-refractivity contribution in [3.63, 3.8) is 0 Å². The molecular weight excluding hydrogens is 378 g/mol. The van der Waals surface area contributed by atoms with E-state index < -0.39 is 11.8 Å². The fourth-order valence-electron chi connectivity index (χ4n) is 2.24. The summed E-state index contributed by atoms with van der Waals surface area (Å²) in [6.07, 6.45) is 7.91. The molecule has 0 bridgehead atoms. The van der Waals surface area contributed by atoms with Gasteiger partial charge in [0.2, 0.25) is 0 Å². The van der Waals surface area contributed by atoms with Crippen molar-refractivity contribution in [3.8, 4) is 11.8 Å². The topological polar surface area (TPSA) is 76.4 Å². The standard InChI is InChI=1S/C21H23NO4.2C2H6/c1-5-7-16(8-6-2)14-26-21(24)19(15(3)23)12-18-10-9-17(13-22)11-20(18)25-4;2*1-2/h5,7-12H,6,14H2,1-4H3;2*1-2H3/b7-5-,16-8+,19-12+;;. The molecular formula is C25H35NO4. The first-order valence-electron chi connectivity index (χ1n) is 10.3. The quantitative estimate of drug-likeness (QED) is 0.170. The van der Waals surface area contributed by atoms with Crippen molar-refractivity contribution in [2.24, 2.45) is 0 Å². The van der Waals surface area contributed by atoms with Gasteiger partial charge in [0, 0.05) is 5.56 Å². The van der Waals surface area contributed by atoms with Crippen molar-refractivity contribution in [2.45, 2.75) is 54.9 Å². The second-order valence-corrected chi connectivity index (χ2v) is 5.45. The second kappa shape index (κ2) is 17.9. The van der Waals surface area contributed by atoms with Gasteiger partial charge in [-0.15, -0.1) is 0 Å². The molecule has 0 amide bonds. The first-order valence-corrected chi connectivity index (χ1v) is 10.3. The van der Waals surface area contributed by atoms with Gasteiger partial charge in [0.15, 0.2) is 5.78 Å². The minimum Gasteiger partial charge on any atom is -0.496 e. The van der Waals surface area contributed by atoms with Gasteiger partial charge in [-0.25, -0.2) is 4.79 Å². The minimum absolute atomic E-state index is 0.0793. The number of ketones is 1. The van der Waals surface area contributed by atoms with Crippen LogP contribution in [0.25, 0.3) is 6.08 Å². The van der Waals surface area contributed by atoms with Crippen molar-refractivity contribution in [3.05, 3.63) is 58.7 Å². The number of nitrogens with zero attached hydrogens (tertiary/aromatic N) is 1. The summed E-state index contributed by atoms with van der Waals surface area (Å²) in [5.41, 5.74) is 1.73. The van der Waals surface area contributed by atoms with Crippen LogP contribution in [-0.4, -0.2) is 25.5 Å². The van der Waals surface area contributed by atoms with Gasteiger partial charge < -0.3 is 9.47 Å². The van der Waals surface area contributed by atoms with E-state index in [1.54, 1.807) is 18.2 Å². The summed E-state index contributed by atoms with van der Waals surface area (Å²) in [6, 6.07) is 6.77. The summed E-state index contributed by atoms with van der Waals surface area (Å²) < 4.78 is 10.5. The summed E-state index contributed by atoms with van der Waals surface area (Å²) >= 11 is 0. The highest BCUT2D eigenvalue weighted by Crippen LogP contribution is 2.23. The molecule has 0 atom stereocenters. The minimum atomic E-state index is -0.699. The Balaban J connectivity index is 0. The Labute approximate surface area is 181 Å². The molecule has 0 heterocycles. The van der Waals surface area contributed by atoms with Crippen LogP contribution in [0, 0.1) is 11.3 Å². The van der Waals surface area contributed by atoms with Crippen molar-refractivity contribution in [1.82, 2.24) is 0 Å². The smallest absolute Gasteiger partial charge is 0.342 e. The van der Waals surface area contributed by atoms with Crippen molar-refractivity contribution < 1.29 is 19.1 Å². The van der Waals surface area contributed by atoms with Crippen LogP contribution >= 0.6 is 0 Å². The molecule has 0 fully saturated rings. The van der Waals surface area contributed by atoms with E-state index in [0.29, 0.717) is 16.9 Å². The Morgan fingerprint density at radius 2 is 1.80 bits per heavy atom. The van der Waals surface area contributed by atoms with E-state index in [1.165, 1.54) is 20.1 Å². The van der Waals surface area contributed by atoms with Crippen LogP contribution in [0.4, 0.5) is 0 Å². The number of carbonyl (C=O) groups is 2. The summed E-state index contributed by atoms with van der Waals surface area (Å²) in [5, 5.41) is 8.96. The van der Waals surface area contributed by atoms with Crippen molar-refractivity contribution in [2.75, 3.05) is 13.7 Å². The van der Waals surface area contributed by atoms with Crippen molar-refractivity contribution >= 4 is 17.8 Å². The van der Waals surface area contributed by atoms with Crippen LogP contribution in [-0.2, 0) is 14.3 Å². The van der Waals surface area contributed by atoms with E-state index in [2.05, 4.69) is 0 Å². The molecule has 30 heavy (non-hydrogen) atoms. The number of benzene rings is 1. The second-order valence-electron chi connectivity index (χ2n) is 5.45. The lowest BCUT2D eigenvalue weighted by atomic mass is 10.1. The largest absolute Gasteiger partial charge is 0.496 e. The van der Waals surface area contributed by atoms with Gasteiger partial charge in [-0.2, -0.15) is 5.26 Å². The molecule has 0 saturated heterocycles. The zero-order valence-electron chi connectivity index (χ0n) is 19.5. The third-order valence-electron chi connectivity index (χ3n) is 3.48. The van der Waals surface area contributed by atoms with Crippen LogP contribution in [0.1, 0.15) is 66.0 Å². The first kappa shape index (κ1) is 29.1. The maximum absolute atomic E-state index is 12.4. The number of esters is 1. The summed E-state index contributed by atoms with van der Waals surface area (Å²) in [4.78, 5) is 24.3. The highest BCUT2D eigenvalue weighted by molar-refractivity contribution is 6.20. The average Bonchev–Trinajstić information content (AvgIpc) is 2.78. The number of methoxy groups -OCH3 is 1. The highest BCUT2D eigenvalue weighted by Gasteiger charge is 2.17. The number of Topliss-reactive ketones (excluding diaryl/α,β-unsaturated/α-hetero) is 1. The molecule has 1 aromatic rings. The maximum atomic E-state index is 12.4. The van der Waals surface area contributed by atoms with Gasteiger partial charge >= 0.3 is 5.97 Å². The van der Waals surface area contributed by atoms with Gasteiger partial charge in [0.05, 0.1) is 18.7 Å². The van der Waals surface area contributed by atoms with E-state index in [1.807, 2.05) is 65.8 Å². The Morgan fingerprint density at radius 3 is 2.27 bits per heavy atom. The molecule has 5 heteroatoms. The Bertz CT molecular complexity index is 796. The molecule has 5 nitrogen and oxygen atoms in total. The molecule has 0 saturated carbocycles. The van der Waals surface area contributed by atoms with E-state index in [0.717, 1.165) is 12.0 Å². The molecule has 0 aliphatic rings. The Morgan fingerprint density at radius 1 is 1.17 bits per heavy atom. The average molecular weight is 414 g/mol. The molecule has 0 radical (unpaired) electrons. The summed E-state index contributed by atoms with van der Waals surface area (Å²) in [7, 11) is 1.46. The lowest BCUT2D eigenvalue weighted by molar-refractivity contribution is -0.139. The molecule has 0 N–H and O–H groups in total.